The van der Waals surface area contributed by atoms with Crippen LogP contribution in [0, 0.1) is 13.8 Å². The zero-order valence-corrected chi connectivity index (χ0v) is 13.1. The average molecular weight is 306 g/mol. The van der Waals surface area contributed by atoms with Gasteiger partial charge in [-0.2, -0.15) is 0 Å². The standard InChI is InChI=1S/C19H18N2O2/c1-13-8-10-16(11-9-13)18(15-6-4-3-5-7-15)20-19(22)17-12-14(2)21-23-17/h3-12,18H,1-2H3,(H,20,22). The van der Waals surface area contributed by atoms with E-state index in [0.717, 1.165) is 11.1 Å². The Kier molecular flexibility index (Phi) is 4.24. The molecule has 0 radical (unpaired) electrons. The second-order valence-corrected chi connectivity index (χ2v) is 5.56. The third kappa shape index (κ3) is 3.48. The quantitative estimate of drug-likeness (QED) is 0.797. The molecule has 1 atom stereocenters. The molecule has 2 aromatic carbocycles. The fourth-order valence-electron chi connectivity index (χ4n) is 2.44. The van der Waals surface area contributed by atoms with Gasteiger partial charge in [-0.15, -0.1) is 0 Å². The number of benzene rings is 2. The van der Waals surface area contributed by atoms with E-state index in [1.807, 2.05) is 61.5 Å². The lowest BCUT2D eigenvalue weighted by Gasteiger charge is -2.19. The Morgan fingerprint density at radius 1 is 1.00 bits per heavy atom. The van der Waals surface area contributed by atoms with E-state index < -0.39 is 0 Å². The molecule has 1 unspecified atom stereocenters. The van der Waals surface area contributed by atoms with Gasteiger partial charge < -0.3 is 9.84 Å². The number of hydrogen-bond acceptors (Lipinski definition) is 3. The topological polar surface area (TPSA) is 55.1 Å². The SMILES string of the molecule is Cc1ccc(C(NC(=O)c2cc(C)no2)c2ccccc2)cc1. The van der Waals surface area contributed by atoms with Crippen LogP contribution in [0.2, 0.25) is 0 Å². The Morgan fingerprint density at radius 2 is 1.65 bits per heavy atom. The maximum Gasteiger partial charge on any atom is 0.290 e. The number of aromatic nitrogens is 1. The van der Waals surface area contributed by atoms with Crippen molar-refractivity contribution in [2.24, 2.45) is 0 Å². The number of rotatable bonds is 4. The molecule has 3 rings (SSSR count). The fourth-order valence-corrected chi connectivity index (χ4v) is 2.44. The van der Waals surface area contributed by atoms with Crippen molar-refractivity contribution in [1.82, 2.24) is 10.5 Å². The van der Waals surface area contributed by atoms with Crippen LogP contribution in [0.25, 0.3) is 0 Å². The number of aryl methyl sites for hydroxylation is 2. The molecule has 0 fully saturated rings. The molecule has 4 heteroatoms. The van der Waals surface area contributed by atoms with Crippen LogP contribution in [-0.2, 0) is 0 Å². The Hall–Kier alpha value is -2.88. The van der Waals surface area contributed by atoms with Gasteiger partial charge in [-0.3, -0.25) is 4.79 Å². The normalized spacial score (nSPS) is 11.9. The number of nitrogens with one attached hydrogen (secondary N) is 1. The molecule has 0 aliphatic heterocycles. The number of amides is 1. The van der Waals surface area contributed by atoms with Crippen LogP contribution in [0.3, 0.4) is 0 Å². The molecular weight excluding hydrogens is 288 g/mol. The number of nitrogens with zero attached hydrogens (tertiary/aromatic N) is 1. The summed E-state index contributed by atoms with van der Waals surface area (Å²) in [5.41, 5.74) is 3.90. The summed E-state index contributed by atoms with van der Waals surface area (Å²) < 4.78 is 5.06. The highest BCUT2D eigenvalue weighted by Crippen LogP contribution is 2.23. The second kappa shape index (κ2) is 6.48. The second-order valence-electron chi connectivity index (χ2n) is 5.56. The third-order valence-electron chi connectivity index (χ3n) is 3.67. The smallest absolute Gasteiger partial charge is 0.290 e. The molecular formula is C19H18N2O2. The highest BCUT2D eigenvalue weighted by Gasteiger charge is 2.20. The van der Waals surface area contributed by atoms with E-state index >= 15 is 0 Å². The van der Waals surface area contributed by atoms with Gasteiger partial charge in [0, 0.05) is 6.07 Å². The Balaban J connectivity index is 1.92. The maximum atomic E-state index is 12.4. The van der Waals surface area contributed by atoms with Crippen molar-refractivity contribution < 1.29 is 9.32 Å². The van der Waals surface area contributed by atoms with Crippen LogP contribution in [-0.4, -0.2) is 11.1 Å². The summed E-state index contributed by atoms with van der Waals surface area (Å²) in [6.45, 7) is 3.83. The summed E-state index contributed by atoms with van der Waals surface area (Å²) in [5.74, 6) is -0.0597. The van der Waals surface area contributed by atoms with Crippen LogP contribution < -0.4 is 5.32 Å². The molecule has 116 valence electrons. The van der Waals surface area contributed by atoms with Gasteiger partial charge in [0.05, 0.1) is 11.7 Å². The lowest BCUT2D eigenvalue weighted by molar-refractivity contribution is 0.0905. The number of hydrogen-bond donors (Lipinski definition) is 1. The molecule has 4 nitrogen and oxygen atoms in total. The predicted octanol–water partition coefficient (Wildman–Crippen LogP) is 3.81. The van der Waals surface area contributed by atoms with E-state index in [2.05, 4.69) is 10.5 Å². The minimum atomic E-state index is -0.278. The van der Waals surface area contributed by atoms with Gasteiger partial charge in [-0.1, -0.05) is 65.3 Å². The van der Waals surface area contributed by atoms with Gasteiger partial charge in [0.2, 0.25) is 5.76 Å². The largest absolute Gasteiger partial charge is 0.351 e. The van der Waals surface area contributed by atoms with Gasteiger partial charge in [0.15, 0.2) is 0 Å². The van der Waals surface area contributed by atoms with E-state index in [4.69, 9.17) is 4.52 Å². The summed E-state index contributed by atoms with van der Waals surface area (Å²) in [5, 5.41) is 6.79. The first-order valence-corrected chi connectivity index (χ1v) is 7.49. The number of carbonyl (C=O) groups excluding carboxylic acids is 1. The van der Waals surface area contributed by atoms with Crippen molar-refractivity contribution in [3.05, 3.63) is 88.8 Å². The van der Waals surface area contributed by atoms with E-state index in [1.165, 1.54) is 5.56 Å². The van der Waals surface area contributed by atoms with Crippen molar-refractivity contribution in [1.29, 1.82) is 0 Å². The van der Waals surface area contributed by atoms with Crippen LogP contribution in [0.4, 0.5) is 0 Å². The van der Waals surface area contributed by atoms with Crippen molar-refractivity contribution in [3.8, 4) is 0 Å². The monoisotopic (exact) mass is 306 g/mol. The lowest BCUT2D eigenvalue weighted by atomic mass is 9.97. The van der Waals surface area contributed by atoms with Crippen molar-refractivity contribution in [2.75, 3.05) is 0 Å². The van der Waals surface area contributed by atoms with Gasteiger partial charge in [-0.05, 0) is 25.0 Å². The Morgan fingerprint density at radius 3 is 2.26 bits per heavy atom. The first-order chi connectivity index (χ1) is 11.1. The van der Waals surface area contributed by atoms with Gasteiger partial charge in [0.25, 0.3) is 5.91 Å². The molecule has 0 saturated carbocycles. The summed E-state index contributed by atoms with van der Waals surface area (Å²) in [6, 6.07) is 19.4. The van der Waals surface area contributed by atoms with Crippen LogP contribution in [0.1, 0.15) is 39.0 Å². The zero-order chi connectivity index (χ0) is 16.2. The maximum absolute atomic E-state index is 12.4. The third-order valence-corrected chi connectivity index (χ3v) is 3.67. The van der Waals surface area contributed by atoms with Crippen LogP contribution in [0.5, 0.6) is 0 Å². The van der Waals surface area contributed by atoms with Crippen LogP contribution in [0.15, 0.2) is 65.2 Å². The molecule has 1 heterocycles. The zero-order valence-electron chi connectivity index (χ0n) is 13.1. The molecule has 1 amide bonds. The van der Waals surface area contributed by atoms with Gasteiger partial charge in [0.1, 0.15) is 0 Å². The molecule has 0 saturated heterocycles. The van der Waals surface area contributed by atoms with Gasteiger partial charge >= 0.3 is 0 Å². The first-order valence-electron chi connectivity index (χ1n) is 7.49. The van der Waals surface area contributed by atoms with E-state index in [1.54, 1.807) is 13.0 Å². The van der Waals surface area contributed by atoms with Crippen molar-refractivity contribution in [3.63, 3.8) is 0 Å². The molecule has 1 N–H and O–H groups in total. The molecule has 0 bridgehead atoms. The van der Waals surface area contributed by atoms with Gasteiger partial charge in [-0.25, -0.2) is 0 Å². The molecule has 23 heavy (non-hydrogen) atoms. The van der Waals surface area contributed by atoms with Crippen LogP contribution >= 0.6 is 0 Å². The molecule has 1 aromatic heterocycles. The fraction of sp³-hybridized carbons (Fsp3) is 0.158. The molecule has 0 aliphatic carbocycles. The summed E-state index contributed by atoms with van der Waals surface area (Å²) in [4.78, 5) is 12.4. The minimum Gasteiger partial charge on any atom is -0.351 e. The van der Waals surface area contributed by atoms with E-state index in [0.29, 0.717) is 5.69 Å². The minimum absolute atomic E-state index is 0.218. The van der Waals surface area contributed by atoms with Crippen molar-refractivity contribution >= 4 is 5.91 Å². The molecule has 0 spiro atoms. The van der Waals surface area contributed by atoms with E-state index in [9.17, 15) is 4.79 Å². The number of carbonyl (C=O) groups is 1. The summed E-state index contributed by atoms with van der Waals surface area (Å²) >= 11 is 0. The van der Waals surface area contributed by atoms with E-state index in [-0.39, 0.29) is 17.7 Å². The average Bonchev–Trinajstić information content (AvgIpc) is 3.01. The highest BCUT2D eigenvalue weighted by molar-refractivity contribution is 5.92. The predicted molar refractivity (Wildman–Crippen MR) is 88.2 cm³/mol. The summed E-state index contributed by atoms with van der Waals surface area (Å²) in [6.07, 6.45) is 0. The van der Waals surface area contributed by atoms with Crippen molar-refractivity contribution in [2.45, 2.75) is 19.9 Å². The first kappa shape index (κ1) is 15.0. The molecule has 0 aliphatic rings. The summed E-state index contributed by atoms with van der Waals surface area (Å²) in [7, 11) is 0. The Labute approximate surface area is 135 Å². The molecule has 3 aromatic rings. The Bertz CT molecular complexity index is 792. The highest BCUT2D eigenvalue weighted by atomic mass is 16.5. The lowest BCUT2D eigenvalue weighted by Crippen LogP contribution is -2.29.